The van der Waals surface area contributed by atoms with Gasteiger partial charge in [0.15, 0.2) is 0 Å². The monoisotopic (exact) mass is 302 g/mol. The molecule has 3 N–H and O–H groups in total. The first-order chi connectivity index (χ1) is 10.6. The Bertz CT molecular complexity index is 569. The molecular formula is C17H22N2O3. The average Bonchev–Trinajstić information content (AvgIpc) is 3.34. The minimum atomic E-state index is -0.463. The van der Waals surface area contributed by atoms with Crippen molar-refractivity contribution in [2.24, 2.45) is 5.92 Å². The summed E-state index contributed by atoms with van der Waals surface area (Å²) in [7, 11) is 0. The Morgan fingerprint density at radius 2 is 1.86 bits per heavy atom. The molecule has 0 aromatic heterocycles. The van der Waals surface area contributed by atoms with E-state index in [-0.39, 0.29) is 23.8 Å². The summed E-state index contributed by atoms with van der Waals surface area (Å²) in [6.45, 7) is 0. The molecule has 0 heterocycles. The van der Waals surface area contributed by atoms with Crippen LogP contribution >= 0.6 is 0 Å². The molecule has 118 valence electrons. The molecular weight excluding hydrogens is 280 g/mol. The number of carbonyl (C=O) groups excluding carboxylic acids is 2. The van der Waals surface area contributed by atoms with E-state index in [1.807, 2.05) is 0 Å². The maximum Gasteiger partial charge on any atom is 0.251 e. The highest BCUT2D eigenvalue weighted by molar-refractivity contribution is 5.98. The van der Waals surface area contributed by atoms with Crippen molar-refractivity contribution in [3.05, 3.63) is 29.8 Å². The summed E-state index contributed by atoms with van der Waals surface area (Å²) in [5.41, 5.74) is 1.15. The number of amides is 2. The zero-order valence-corrected chi connectivity index (χ0v) is 12.5. The molecule has 2 aliphatic carbocycles. The normalized spacial score (nSPS) is 24.6. The van der Waals surface area contributed by atoms with Gasteiger partial charge < -0.3 is 15.7 Å². The van der Waals surface area contributed by atoms with E-state index < -0.39 is 6.10 Å². The van der Waals surface area contributed by atoms with Crippen molar-refractivity contribution in [2.45, 2.75) is 50.7 Å². The van der Waals surface area contributed by atoms with E-state index >= 15 is 0 Å². The third-order valence-corrected chi connectivity index (χ3v) is 4.39. The molecule has 2 atom stereocenters. The van der Waals surface area contributed by atoms with Crippen LogP contribution in [0.2, 0.25) is 0 Å². The van der Waals surface area contributed by atoms with Gasteiger partial charge in [-0.25, -0.2) is 0 Å². The first-order valence-electron chi connectivity index (χ1n) is 8.03. The largest absolute Gasteiger partial charge is 0.391 e. The van der Waals surface area contributed by atoms with Gasteiger partial charge in [-0.2, -0.15) is 0 Å². The highest BCUT2D eigenvalue weighted by Crippen LogP contribution is 2.30. The number of hydrogen-bond donors (Lipinski definition) is 3. The van der Waals surface area contributed by atoms with Crippen LogP contribution in [0.4, 0.5) is 5.69 Å². The summed E-state index contributed by atoms with van der Waals surface area (Å²) in [5, 5.41) is 15.7. The molecule has 1 aromatic rings. The van der Waals surface area contributed by atoms with Crippen LogP contribution in [-0.2, 0) is 4.79 Å². The summed E-state index contributed by atoms with van der Waals surface area (Å²) in [6.07, 6.45) is 5.02. The molecule has 2 saturated carbocycles. The Morgan fingerprint density at radius 1 is 1.09 bits per heavy atom. The Kier molecular flexibility index (Phi) is 4.43. The van der Waals surface area contributed by atoms with Gasteiger partial charge in [0, 0.05) is 17.2 Å². The van der Waals surface area contributed by atoms with Crippen LogP contribution in [0.25, 0.3) is 0 Å². The van der Waals surface area contributed by atoms with E-state index in [1.54, 1.807) is 24.3 Å². The van der Waals surface area contributed by atoms with Crippen LogP contribution in [0.3, 0.4) is 0 Å². The van der Waals surface area contributed by atoms with Gasteiger partial charge in [0.2, 0.25) is 5.91 Å². The average molecular weight is 302 g/mol. The van der Waals surface area contributed by atoms with Gasteiger partial charge in [0.05, 0.1) is 12.1 Å². The molecule has 2 aliphatic rings. The van der Waals surface area contributed by atoms with Crippen LogP contribution in [0, 0.1) is 5.92 Å². The topological polar surface area (TPSA) is 78.4 Å². The first kappa shape index (κ1) is 15.0. The van der Waals surface area contributed by atoms with Gasteiger partial charge in [-0.15, -0.1) is 0 Å². The third-order valence-electron chi connectivity index (χ3n) is 4.39. The predicted molar refractivity (Wildman–Crippen MR) is 83.5 cm³/mol. The first-order valence-corrected chi connectivity index (χ1v) is 8.03. The maximum absolute atomic E-state index is 12.3. The fraction of sp³-hybridized carbons (Fsp3) is 0.529. The van der Waals surface area contributed by atoms with Gasteiger partial charge >= 0.3 is 0 Å². The van der Waals surface area contributed by atoms with Crippen molar-refractivity contribution in [2.75, 3.05) is 5.32 Å². The summed E-state index contributed by atoms with van der Waals surface area (Å²) in [5.74, 6) is -0.0383. The molecule has 2 fully saturated rings. The third kappa shape index (κ3) is 3.65. The number of aliphatic hydroxyl groups is 1. The standard InChI is InChI=1S/C17H22N2O3/c20-15-7-2-1-6-14(15)19-17(22)12-4-3-5-13(10-12)18-16(21)11-8-9-11/h3-5,10-11,14-15,20H,1-2,6-9H2,(H,18,21)(H,19,22)/t14-,15-/m0/s1. The number of aliphatic hydroxyl groups excluding tert-OH is 1. The van der Waals surface area contributed by atoms with Crippen molar-refractivity contribution in [1.82, 2.24) is 5.32 Å². The Balaban J connectivity index is 1.63. The van der Waals surface area contributed by atoms with Crippen LogP contribution < -0.4 is 10.6 Å². The van der Waals surface area contributed by atoms with E-state index in [9.17, 15) is 14.7 Å². The van der Waals surface area contributed by atoms with Crippen molar-refractivity contribution in [3.63, 3.8) is 0 Å². The second-order valence-electron chi connectivity index (χ2n) is 6.28. The van der Waals surface area contributed by atoms with Crippen molar-refractivity contribution < 1.29 is 14.7 Å². The molecule has 0 bridgehead atoms. The highest BCUT2D eigenvalue weighted by atomic mass is 16.3. The van der Waals surface area contributed by atoms with E-state index in [0.717, 1.165) is 38.5 Å². The Labute approximate surface area is 130 Å². The van der Waals surface area contributed by atoms with E-state index in [4.69, 9.17) is 0 Å². The number of anilines is 1. The summed E-state index contributed by atoms with van der Waals surface area (Å²) in [6, 6.07) is 6.77. The second-order valence-corrected chi connectivity index (χ2v) is 6.28. The smallest absolute Gasteiger partial charge is 0.251 e. The molecule has 0 spiro atoms. The molecule has 5 heteroatoms. The number of rotatable bonds is 4. The van der Waals surface area contributed by atoms with Gasteiger partial charge in [-0.1, -0.05) is 18.9 Å². The zero-order chi connectivity index (χ0) is 15.5. The molecule has 0 unspecified atom stereocenters. The molecule has 2 amide bonds. The quantitative estimate of drug-likeness (QED) is 0.796. The fourth-order valence-corrected chi connectivity index (χ4v) is 2.86. The molecule has 0 aliphatic heterocycles. The Hall–Kier alpha value is -1.88. The molecule has 0 saturated heterocycles. The van der Waals surface area contributed by atoms with Crippen LogP contribution in [0.1, 0.15) is 48.9 Å². The summed E-state index contributed by atoms with van der Waals surface area (Å²) >= 11 is 0. The lowest BCUT2D eigenvalue weighted by molar-refractivity contribution is -0.117. The van der Waals surface area contributed by atoms with E-state index in [1.165, 1.54) is 0 Å². The number of carbonyl (C=O) groups is 2. The van der Waals surface area contributed by atoms with Crippen molar-refractivity contribution in [3.8, 4) is 0 Å². The fourth-order valence-electron chi connectivity index (χ4n) is 2.86. The van der Waals surface area contributed by atoms with Gasteiger partial charge in [0.1, 0.15) is 0 Å². The minimum Gasteiger partial charge on any atom is -0.391 e. The van der Waals surface area contributed by atoms with Gasteiger partial charge in [0.25, 0.3) is 5.91 Å². The van der Waals surface area contributed by atoms with Gasteiger partial charge in [-0.05, 0) is 43.9 Å². The molecule has 3 rings (SSSR count). The number of nitrogens with one attached hydrogen (secondary N) is 2. The van der Waals surface area contributed by atoms with E-state index in [2.05, 4.69) is 10.6 Å². The van der Waals surface area contributed by atoms with Crippen LogP contribution in [0.5, 0.6) is 0 Å². The summed E-state index contributed by atoms with van der Waals surface area (Å²) < 4.78 is 0. The summed E-state index contributed by atoms with van der Waals surface area (Å²) in [4.78, 5) is 24.1. The van der Waals surface area contributed by atoms with Crippen LogP contribution in [-0.4, -0.2) is 29.1 Å². The second kappa shape index (κ2) is 6.48. The van der Waals surface area contributed by atoms with Crippen LogP contribution in [0.15, 0.2) is 24.3 Å². The SMILES string of the molecule is O=C(N[C@H]1CCCC[C@@H]1O)c1cccc(NC(=O)C2CC2)c1. The van der Waals surface area contributed by atoms with E-state index in [0.29, 0.717) is 11.3 Å². The molecule has 1 aromatic carbocycles. The number of benzene rings is 1. The number of hydrogen-bond acceptors (Lipinski definition) is 3. The molecule has 5 nitrogen and oxygen atoms in total. The molecule has 0 radical (unpaired) electrons. The predicted octanol–water partition coefficient (Wildman–Crippen LogP) is 2.07. The highest BCUT2D eigenvalue weighted by Gasteiger charge is 2.29. The lowest BCUT2D eigenvalue weighted by Crippen LogP contribution is -2.45. The van der Waals surface area contributed by atoms with Crippen molar-refractivity contribution in [1.29, 1.82) is 0 Å². The minimum absolute atomic E-state index is 0.0280. The lowest BCUT2D eigenvalue weighted by atomic mass is 9.92. The molecule has 22 heavy (non-hydrogen) atoms. The van der Waals surface area contributed by atoms with Gasteiger partial charge in [-0.3, -0.25) is 9.59 Å². The zero-order valence-electron chi connectivity index (χ0n) is 12.5. The maximum atomic E-state index is 12.3. The Morgan fingerprint density at radius 3 is 2.59 bits per heavy atom. The lowest BCUT2D eigenvalue weighted by Gasteiger charge is -2.28. The van der Waals surface area contributed by atoms with Crippen molar-refractivity contribution >= 4 is 17.5 Å².